The van der Waals surface area contributed by atoms with Crippen LogP contribution in [0.15, 0.2) is 0 Å². The van der Waals surface area contributed by atoms with Crippen molar-refractivity contribution in [1.82, 2.24) is 10.3 Å². The van der Waals surface area contributed by atoms with E-state index in [1.807, 2.05) is 13.8 Å². The molecule has 14 heavy (non-hydrogen) atoms. The van der Waals surface area contributed by atoms with Crippen molar-refractivity contribution in [3.63, 3.8) is 0 Å². The maximum Gasteiger partial charge on any atom is 0.235 e. The van der Waals surface area contributed by atoms with Crippen LogP contribution in [0.25, 0.3) is 0 Å². The number of rotatable bonds is 3. The maximum absolute atomic E-state index is 11.6. The van der Waals surface area contributed by atoms with Crippen LogP contribution in [0.1, 0.15) is 26.7 Å². The third kappa shape index (κ3) is 2.23. The third-order valence-corrected chi connectivity index (χ3v) is 2.67. The molecule has 0 aromatic rings. The first-order chi connectivity index (χ1) is 6.56. The summed E-state index contributed by atoms with van der Waals surface area (Å²) in [7, 11) is 0. The minimum absolute atomic E-state index is 0.0888. The molecule has 0 bridgehead atoms. The highest BCUT2D eigenvalue weighted by atomic mass is 16.2. The lowest BCUT2D eigenvalue weighted by Crippen LogP contribution is -2.37. The van der Waals surface area contributed by atoms with Gasteiger partial charge in [-0.15, -0.1) is 0 Å². The van der Waals surface area contributed by atoms with Crippen LogP contribution in [-0.2, 0) is 9.59 Å². The van der Waals surface area contributed by atoms with Crippen molar-refractivity contribution >= 4 is 11.8 Å². The van der Waals surface area contributed by atoms with Crippen LogP contribution < -0.4 is 11.3 Å². The van der Waals surface area contributed by atoms with Crippen molar-refractivity contribution < 1.29 is 9.59 Å². The summed E-state index contributed by atoms with van der Waals surface area (Å²) in [6.45, 7) is 4.39. The number of carbonyl (C=O) groups excluding carboxylic acids is 2. The van der Waals surface area contributed by atoms with Gasteiger partial charge in [0, 0.05) is 24.9 Å². The number of amides is 2. The van der Waals surface area contributed by atoms with Gasteiger partial charge in [0.15, 0.2) is 0 Å². The SMILES string of the molecule is CC1CC(C)N(CCC(=O)NN)C1=O. The van der Waals surface area contributed by atoms with Gasteiger partial charge in [-0.2, -0.15) is 0 Å². The molecule has 1 fully saturated rings. The number of nitrogens with one attached hydrogen (secondary N) is 1. The Morgan fingerprint density at radius 2 is 2.29 bits per heavy atom. The summed E-state index contributed by atoms with van der Waals surface area (Å²) < 4.78 is 0. The highest BCUT2D eigenvalue weighted by Crippen LogP contribution is 2.23. The van der Waals surface area contributed by atoms with E-state index < -0.39 is 0 Å². The minimum atomic E-state index is -0.232. The molecule has 0 aromatic carbocycles. The quantitative estimate of drug-likeness (QED) is 0.370. The normalized spacial score (nSPS) is 26.8. The molecule has 0 spiro atoms. The molecule has 0 aliphatic carbocycles. The summed E-state index contributed by atoms with van der Waals surface area (Å²) in [5.74, 6) is 4.95. The fourth-order valence-corrected chi connectivity index (χ4v) is 1.86. The van der Waals surface area contributed by atoms with Crippen molar-refractivity contribution in [1.29, 1.82) is 0 Å². The number of likely N-dealkylation sites (tertiary alicyclic amines) is 1. The Hall–Kier alpha value is -1.10. The lowest BCUT2D eigenvalue weighted by molar-refractivity contribution is -0.132. The van der Waals surface area contributed by atoms with Crippen molar-refractivity contribution in [2.24, 2.45) is 11.8 Å². The first-order valence-electron chi connectivity index (χ1n) is 4.86. The monoisotopic (exact) mass is 199 g/mol. The van der Waals surface area contributed by atoms with E-state index in [1.54, 1.807) is 4.90 Å². The van der Waals surface area contributed by atoms with Crippen LogP contribution in [0.2, 0.25) is 0 Å². The molecule has 3 N–H and O–H groups in total. The molecule has 2 amide bonds. The highest BCUT2D eigenvalue weighted by molar-refractivity contribution is 5.82. The zero-order valence-corrected chi connectivity index (χ0v) is 8.62. The molecular weight excluding hydrogens is 182 g/mol. The van der Waals surface area contributed by atoms with E-state index in [0.29, 0.717) is 6.54 Å². The van der Waals surface area contributed by atoms with Crippen LogP contribution in [0.3, 0.4) is 0 Å². The van der Waals surface area contributed by atoms with Crippen LogP contribution in [0.4, 0.5) is 0 Å². The molecule has 1 aliphatic heterocycles. The molecule has 0 radical (unpaired) electrons. The predicted octanol–water partition coefficient (Wildman–Crippen LogP) is -0.377. The van der Waals surface area contributed by atoms with E-state index in [4.69, 9.17) is 5.84 Å². The zero-order valence-electron chi connectivity index (χ0n) is 8.62. The van der Waals surface area contributed by atoms with Gasteiger partial charge >= 0.3 is 0 Å². The highest BCUT2D eigenvalue weighted by Gasteiger charge is 2.33. The minimum Gasteiger partial charge on any atom is -0.339 e. The Morgan fingerprint density at radius 1 is 1.64 bits per heavy atom. The maximum atomic E-state index is 11.6. The second-order valence-corrected chi connectivity index (χ2v) is 3.83. The van der Waals surface area contributed by atoms with E-state index >= 15 is 0 Å². The molecule has 1 saturated heterocycles. The second-order valence-electron chi connectivity index (χ2n) is 3.83. The van der Waals surface area contributed by atoms with Gasteiger partial charge in [-0.3, -0.25) is 15.0 Å². The van der Waals surface area contributed by atoms with Gasteiger partial charge in [0.1, 0.15) is 0 Å². The van der Waals surface area contributed by atoms with Crippen LogP contribution >= 0.6 is 0 Å². The van der Waals surface area contributed by atoms with E-state index in [-0.39, 0.29) is 30.2 Å². The first-order valence-corrected chi connectivity index (χ1v) is 4.86. The fraction of sp³-hybridized carbons (Fsp3) is 0.778. The average Bonchev–Trinajstić information content (AvgIpc) is 2.39. The Balaban J connectivity index is 2.44. The number of nitrogens with two attached hydrogens (primary N) is 1. The van der Waals surface area contributed by atoms with Crippen molar-refractivity contribution in [3.8, 4) is 0 Å². The Morgan fingerprint density at radius 3 is 2.71 bits per heavy atom. The van der Waals surface area contributed by atoms with Gasteiger partial charge in [-0.05, 0) is 13.3 Å². The molecule has 5 heteroatoms. The summed E-state index contributed by atoms with van der Waals surface area (Å²) in [6, 6.07) is 0.239. The van der Waals surface area contributed by atoms with Crippen molar-refractivity contribution in [2.75, 3.05) is 6.54 Å². The molecule has 2 unspecified atom stereocenters. The van der Waals surface area contributed by atoms with E-state index in [0.717, 1.165) is 6.42 Å². The Kier molecular flexibility index (Phi) is 3.46. The molecule has 5 nitrogen and oxygen atoms in total. The first kappa shape index (κ1) is 11.0. The van der Waals surface area contributed by atoms with E-state index in [1.165, 1.54) is 0 Å². The summed E-state index contributed by atoms with van der Waals surface area (Å²) >= 11 is 0. The van der Waals surface area contributed by atoms with E-state index in [2.05, 4.69) is 5.43 Å². The van der Waals surface area contributed by atoms with Crippen molar-refractivity contribution in [2.45, 2.75) is 32.7 Å². The standard InChI is InChI=1S/C9H17N3O2/c1-6-5-7(2)12(9(6)14)4-3-8(13)11-10/h6-7H,3-5,10H2,1-2H3,(H,11,13). The average molecular weight is 199 g/mol. The lowest BCUT2D eigenvalue weighted by atomic mass is 10.1. The fourth-order valence-electron chi connectivity index (χ4n) is 1.86. The van der Waals surface area contributed by atoms with Gasteiger partial charge in [0.05, 0.1) is 0 Å². The van der Waals surface area contributed by atoms with Gasteiger partial charge < -0.3 is 4.90 Å². The topological polar surface area (TPSA) is 75.4 Å². The van der Waals surface area contributed by atoms with Gasteiger partial charge in [0.2, 0.25) is 11.8 Å². The van der Waals surface area contributed by atoms with Gasteiger partial charge in [-0.25, -0.2) is 5.84 Å². The molecule has 1 aliphatic rings. The number of hydrogen-bond donors (Lipinski definition) is 2. The molecule has 1 heterocycles. The molecule has 1 rings (SSSR count). The second kappa shape index (κ2) is 4.41. The van der Waals surface area contributed by atoms with Gasteiger partial charge in [-0.1, -0.05) is 6.92 Å². The largest absolute Gasteiger partial charge is 0.339 e. The van der Waals surface area contributed by atoms with Crippen LogP contribution in [-0.4, -0.2) is 29.3 Å². The molecular formula is C9H17N3O2. The summed E-state index contributed by atoms with van der Waals surface area (Å²) in [6.07, 6.45) is 1.16. The zero-order chi connectivity index (χ0) is 10.7. The molecule has 0 saturated carbocycles. The number of hydrogen-bond acceptors (Lipinski definition) is 3. The van der Waals surface area contributed by atoms with Crippen LogP contribution in [0.5, 0.6) is 0 Å². The number of carbonyl (C=O) groups is 2. The lowest BCUT2D eigenvalue weighted by Gasteiger charge is -2.20. The number of hydrazine groups is 1. The summed E-state index contributed by atoms with van der Waals surface area (Å²) in [5.41, 5.74) is 2.05. The van der Waals surface area contributed by atoms with Crippen molar-refractivity contribution in [3.05, 3.63) is 0 Å². The van der Waals surface area contributed by atoms with Crippen LogP contribution in [0, 0.1) is 5.92 Å². The van der Waals surface area contributed by atoms with E-state index in [9.17, 15) is 9.59 Å². The molecule has 80 valence electrons. The predicted molar refractivity (Wildman–Crippen MR) is 51.9 cm³/mol. The number of nitrogens with zero attached hydrogens (tertiary/aromatic N) is 1. The molecule has 2 atom stereocenters. The van der Waals surface area contributed by atoms with Gasteiger partial charge in [0.25, 0.3) is 0 Å². The molecule has 0 aromatic heterocycles. The Bertz CT molecular complexity index is 242. The smallest absolute Gasteiger partial charge is 0.235 e. The Labute approximate surface area is 83.6 Å². The third-order valence-electron chi connectivity index (χ3n) is 2.67. The summed E-state index contributed by atoms with van der Waals surface area (Å²) in [4.78, 5) is 24.2. The summed E-state index contributed by atoms with van der Waals surface area (Å²) in [5, 5.41) is 0.